The van der Waals surface area contributed by atoms with Gasteiger partial charge in [0, 0.05) is 18.2 Å². The molecule has 2 rings (SSSR count). The van der Waals surface area contributed by atoms with Crippen molar-refractivity contribution in [1.29, 1.82) is 0 Å². The number of aliphatic carboxylic acids is 1. The first-order chi connectivity index (χ1) is 10.6. The van der Waals surface area contributed by atoms with Gasteiger partial charge >= 0.3 is 5.97 Å². The van der Waals surface area contributed by atoms with E-state index >= 15 is 0 Å². The number of ether oxygens (including phenoxy) is 2. The van der Waals surface area contributed by atoms with Crippen LogP contribution in [0, 0.1) is 0 Å². The molecule has 0 radical (unpaired) electrons. The van der Waals surface area contributed by atoms with E-state index in [1.807, 2.05) is 23.6 Å². The first-order valence-electron chi connectivity index (χ1n) is 6.60. The molecule has 0 amide bonds. The van der Waals surface area contributed by atoms with E-state index in [9.17, 15) is 4.79 Å². The number of hydrogen-bond donors (Lipinski definition) is 1. The molecule has 0 aliphatic carbocycles. The van der Waals surface area contributed by atoms with Crippen molar-refractivity contribution in [3.63, 3.8) is 0 Å². The standard InChI is InChI=1S/C14H17N3O4S/c1-4-17-13(15-16-14(17)22-8-12(18)19)9-5-10(20-2)7-11(6-9)21-3/h5-7H,4,8H2,1-3H3,(H,18,19). The molecule has 0 saturated carbocycles. The predicted molar refractivity (Wildman–Crippen MR) is 82.6 cm³/mol. The fourth-order valence-electron chi connectivity index (χ4n) is 1.96. The normalized spacial score (nSPS) is 10.5. The van der Waals surface area contributed by atoms with Crippen LogP contribution >= 0.6 is 11.8 Å². The van der Waals surface area contributed by atoms with Crippen LogP contribution < -0.4 is 9.47 Å². The van der Waals surface area contributed by atoms with E-state index in [0.717, 1.165) is 17.3 Å². The number of aromatic nitrogens is 3. The maximum absolute atomic E-state index is 10.7. The number of carboxylic acid groups (broad SMARTS) is 1. The van der Waals surface area contributed by atoms with Gasteiger partial charge < -0.3 is 19.1 Å². The molecule has 1 aromatic heterocycles. The minimum Gasteiger partial charge on any atom is -0.497 e. The molecule has 1 heterocycles. The molecule has 0 bridgehead atoms. The smallest absolute Gasteiger partial charge is 0.313 e. The Labute approximate surface area is 132 Å². The van der Waals surface area contributed by atoms with Crippen LogP contribution in [-0.4, -0.2) is 45.8 Å². The Morgan fingerprint density at radius 3 is 2.36 bits per heavy atom. The maximum Gasteiger partial charge on any atom is 0.313 e. The van der Waals surface area contributed by atoms with Gasteiger partial charge in [-0.1, -0.05) is 11.8 Å². The van der Waals surface area contributed by atoms with Crippen LogP contribution in [0.4, 0.5) is 0 Å². The number of methoxy groups -OCH3 is 2. The molecule has 22 heavy (non-hydrogen) atoms. The monoisotopic (exact) mass is 323 g/mol. The van der Waals surface area contributed by atoms with Crippen molar-refractivity contribution in [1.82, 2.24) is 14.8 Å². The lowest BCUT2D eigenvalue weighted by Crippen LogP contribution is -2.03. The lowest BCUT2D eigenvalue weighted by Gasteiger charge is -2.10. The summed E-state index contributed by atoms with van der Waals surface area (Å²) in [5, 5.41) is 17.6. The number of hydrogen-bond acceptors (Lipinski definition) is 6. The van der Waals surface area contributed by atoms with Crippen LogP contribution in [-0.2, 0) is 11.3 Å². The number of rotatable bonds is 7. The number of carboxylic acids is 1. The topological polar surface area (TPSA) is 86.5 Å². The first kappa shape index (κ1) is 16.2. The molecule has 2 aromatic rings. The summed E-state index contributed by atoms with van der Waals surface area (Å²) in [5.41, 5.74) is 0.799. The van der Waals surface area contributed by atoms with Gasteiger partial charge in [-0.3, -0.25) is 4.79 Å². The van der Waals surface area contributed by atoms with Gasteiger partial charge in [-0.05, 0) is 19.1 Å². The average molecular weight is 323 g/mol. The Kier molecular flexibility index (Phi) is 5.26. The van der Waals surface area contributed by atoms with E-state index in [1.54, 1.807) is 20.3 Å². The Morgan fingerprint density at radius 1 is 1.23 bits per heavy atom. The van der Waals surface area contributed by atoms with E-state index < -0.39 is 5.97 Å². The Balaban J connectivity index is 2.42. The molecule has 7 nitrogen and oxygen atoms in total. The molecule has 0 fully saturated rings. The van der Waals surface area contributed by atoms with E-state index in [4.69, 9.17) is 14.6 Å². The van der Waals surface area contributed by atoms with Gasteiger partial charge in [-0.25, -0.2) is 0 Å². The third kappa shape index (κ3) is 3.51. The number of carbonyl (C=O) groups is 1. The molecule has 0 spiro atoms. The molecule has 0 aliphatic rings. The highest BCUT2D eigenvalue weighted by Gasteiger charge is 2.16. The zero-order valence-electron chi connectivity index (χ0n) is 12.6. The maximum atomic E-state index is 10.7. The predicted octanol–water partition coefficient (Wildman–Crippen LogP) is 2.16. The van der Waals surface area contributed by atoms with Crippen LogP contribution in [0.25, 0.3) is 11.4 Å². The van der Waals surface area contributed by atoms with Gasteiger partial charge in [-0.15, -0.1) is 10.2 Å². The van der Waals surface area contributed by atoms with Gasteiger partial charge in [0.05, 0.1) is 20.0 Å². The third-order valence-electron chi connectivity index (χ3n) is 2.97. The van der Waals surface area contributed by atoms with Crippen molar-refractivity contribution in [2.45, 2.75) is 18.6 Å². The van der Waals surface area contributed by atoms with Crippen LogP contribution in [0.5, 0.6) is 11.5 Å². The lowest BCUT2D eigenvalue weighted by atomic mass is 10.2. The highest BCUT2D eigenvalue weighted by Crippen LogP contribution is 2.30. The SMILES string of the molecule is CCn1c(SCC(=O)O)nnc1-c1cc(OC)cc(OC)c1. The highest BCUT2D eigenvalue weighted by molar-refractivity contribution is 7.99. The minimum absolute atomic E-state index is 0.0560. The Hall–Kier alpha value is -2.22. The largest absolute Gasteiger partial charge is 0.497 e. The van der Waals surface area contributed by atoms with E-state index in [2.05, 4.69) is 10.2 Å². The Morgan fingerprint density at radius 2 is 1.86 bits per heavy atom. The molecule has 1 aromatic carbocycles. The van der Waals surface area contributed by atoms with Crippen molar-refractivity contribution in [3.05, 3.63) is 18.2 Å². The second kappa shape index (κ2) is 7.17. The van der Waals surface area contributed by atoms with Crippen LogP contribution in [0.1, 0.15) is 6.92 Å². The molecule has 0 unspecified atom stereocenters. The van der Waals surface area contributed by atoms with Gasteiger partial charge in [0.15, 0.2) is 11.0 Å². The van der Waals surface area contributed by atoms with E-state index in [-0.39, 0.29) is 5.75 Å². The summed E-state index contributed by atoms with van der Waals surface area (Å²) in [5.74, 6) is 1.01. The minimum atomic E-state index is -0.889. The summed E-state index contributed by atoms with van der Waals surface area (Å²) in [6, 6.07) is 5.45. The van der Waals surface area contributed by atoms with Gasteiger partial charge in [0.25, 0.3) is 0 Å². The zero-order chi connectivity index (χ0) is 16.1. The van der Waals surface area contributed by atoms with E-state index in [0.29, 0.717) is 29.0 Å². The summed E-state index contributed by atoms with van der Waals surface area (Å²) in [6.07, 6.45) is 0. The molecular weight excluding hydrogens is 306 g/mol. The summed E-state index contributed by atoms with van der Waals surface area (Å²) in [4.78, 5) is 10.7. The zero-order valence-corrected chi connectivity index (χ0v) is 13.4. The number of nitrogens with zero attached hydrogens (tertiary/aromatic N) is 3. The van der Waals surface area contributed by atoms with Crippen molar-refractivity contribution < 1.29 is 19.4 Å². The number of thioether (sulfide) groups is 1. The number of benzene rings is 1. The molecule has 118 valence electrons. The van der Waals surface area contributed by atoms with Crippen molar-refractivity contribution in [2.75, 3.05) is 20.0 Å². The molecule has 8 heteroatoms. The fraction of sp³-hybridized carbons (Fsp3) is 0.357. The van der Waals surface area contributed by atoms with Gasteiger partial charge in [-0.2, -0.15) is 0 Å². The van der Waals surface area contributed by atoms with Crippen molar-refractivity contribution in [2.24, 2.45) is 0 Å². The second-order valence-corrected chi connectivity index (χ2v) is 5.28. The summed E-state index contributed by atoms with van der Waals surface area (Å²) >= 11 is 1.14. The van der Waals surface area contributed by atoms with E-state index in [1.165, 1.54) is 0 Å². The van der Waals surface area contributed by atoms with Crippen LogP contribution in [0.15, 0.2) is 23.4 Å². The molecule has 0 atom stereocenters. The van der Waals surface area contributed by atoms with Crippen LogP contribution in [0.3, 0.4) is 0 Å². The summed E-state index contributed by atoms with van der Waals surface area (Å²) in [6.45, 7) is 2.58. The highest BCUT2D eigenvalue weighted by atomic mass is 32.2. The molecular formula is C14H17N3O4S. The summed E-state index contributed by atoms with van der Waals surface area (Å²) in [7, 11) is 3.16. The van der Waals surface area contributed by atoms with Crippen LogP contribution in [0.2, 0.25) is 0 Å². The van der Waals surface area contributed by atoms with Crippen molar-refractivity contribution in [3.8, 4) is 22.9 Å². The summed E-state index contributed by atoms with van der Waals surface area (Å²) < 4.78 is 12.4. The van der Waals surface area contributed by atoms with Gasteiger partial charge in [0.1, 0.15) is 11.5 Å². The average Bonchev–Trinajstić information content (AvgIpc) is 2.95. The lowest BCUT2D eigenvalue weighted by molar-refractivity contribution is -0.133. The van der Waals surface area contributed by atoms with Crippen molar-refractivity contribution >= 4 is 17.7 Å². The molecule has 0 aliphatic heterocycles. The van der Waals surface area contributed by atoms with Gasteiger partial charge in [0.2, 0.25) is 0 Å². The molecule has 0 saturated heterocycles. The molecule has 1 N–H and O–H groups in total. The third-order valence-corrected chi connectivity index (χ3v) is 3.92. The Bertz CT molecular complexity index is 650. The second-order valence-electron chi connectivity index (χ2n) is 4.33. The first-order valence-corrected chi connectivity index (χ1v) is 7.58. The quantitative estimate of drug-likeness (QED) is 0.781. The fourth-order valence-corrected chi connectivity index (χ4v) is 2.68.